The number of alkyl halides is 2. The van der Waals surface area contributed by atoms with Crippen molar-refractivity contribution in [3.05, 3.63) is 33.4 Å². The molecule has 1 aromatic rings. The number of methoxy groups -OCH3 is 1. The van der Waals surface area contributed by atoms with Crippen LogP contribution in [0.4, 0.5) is 18.9 Å². The molecule has 0 radical (unpaired) electrons. The Morgan fingerprint density at radius 1 is 1.59 bits per heavy atom. The van der Waals surface area contributed by atoms with Crippen molar-refractivity contribution < 1.29 is 27.6 Å². The fourth-order valence-corrected chi connectivity index (χ4v) is 1.14. The molecule has 0 amide bonds. The number of nitrogens with zero attached hydrogens (tertiary/aromatic N) is 2. The minimum Gasteiger partial charge on any atom is -0.465 e. The van der Waals surface area contributed by atoms with Crippen molar-refractivity contribution in [2.75, 3.05) is 7.11 Å². The van der Waals surface area contributed by atoms with Crippen LogP contribution in [0.3, 0.4) is 0 Å². The molecule has 0 fully saturated rings. The van der Waals surface area contributed by atoms with E-state index in [0.717, 1.165) is 7.11 Å². The van der Waals surface area contributed by atoms with Crippen molar-refractivity contribution in [3.63, 3.8) is 0 Å². The molecule has 0 bridgehead atoms. The van der Waals surface area contributed by atoms with E-state index in [4.69, 9.17) is 0 Å². The van der Waals surface area contributed by atoms with E-state index in [0.29, 0.717) is 6.20 Å². The van der Waals surface area contributed by atoms with Crippen LogP contribution in [-0.2, 0) is 4.74 Å². The van der Waals surface area contributed by atoms with Crippen molar-refractivity contribution in [2.24, 2.45) is 0 Å². The summed E-state index contributed by atoms with van der Waals surface area (Å²) in [6.45, 7) is 0. The zero-order valence-corrected chi connectivity index (χ0v) is 8.32. The third kappa shape index (κ3) is 2.32. The Morgan fingerprint density at radius 3 is 2.59 bits per heavy atom. The van der Waals surface area contributed by atoms with Crippen LogP contribution < -0.4 is 0 Å². The van der Waals surface area contributed by atoms with Gasteiger partial charge in [0.1, 0.15) is 0 Å². The summed E-state index contributed by atoms with van der Waals surface area (Å²) in [6.07, 6.45) is -2.85. The Morgan fingerprint density at radius 2 is 2.18 bits per heavy atom. The van der Waals surface area contributed by atoms with Gasteiger partial charge in [0.05, 0.1) is 17.6 Å². The highest BCUT2D eigenvalue weighted by atomic mass is 19.3. The van der Waals surface area contributed by atoms with E-state index < -0.39 is 40.1 Å². The number of hydrogen-bond acceptors (Lipinski definition) is 5. The molecule has 6 nitrogen and oxygen atoms in total. The number of carbonyl (C=O) groups is 1. The van der Waals surface area contributed by atoms with Gasteiger partial charge in [0.15, 0.2) is 5.56 Å². The summed E-state index contributed by atoms with van der Waals surface area (Å²) < 4.78 is 42.2. The van der Waals surface area contributed by atoms with Crippen molar-refractivity contribution in [3.8, 4) is 0 Å². The lowest BCUT2D eigenvalue weighted by atomic mass is 10.1. The Kier molecular flexibility index (Phi) is 3.61. The van der Waals surface area contributed by atoms with Gasteiger partial charge in [0.25, 0.3) is 12.4 Å². The number of nitro groups is 1. The standard InChI is InChI=1S/C8H5F3N2O4/c1-17-8(14)4-3(6(9)10)2-12-7(11)5(4)13(15)16/h2,6H,1H3. The largest absolute Gasteiger partial charge is 0.465 e. The fraction of sp³-hybridized carbons (Fsp3) is 0.250. The predicted octanol–water partition coefficient (Wildman–Crippen LogP) is 1.85. The van der Waals surface area contributed by atoms with E-state index >= 15 is 0 Å². The van der Waals surface area contributed by atoms with Crippen molar-refractivity contribution in [1.82, 2.24) is 4.98 Å². The number of esters is 1. The van der Waals surface area contributed by atoms with E-state index in [2.05, 4.69) is 9.72 Å². The molecular formula is C8H5F3N2O4. The molecule has 0 saturated heterocycles. The number of carbonyl (C=O) groups excluding carboxylic acids is 1. The number of halogens is 3. The monoisotopic (exact) mass is 250 g/mol. The minimum atomic E-state index is -3.21. The van der Waals surface area contributed by atoms with Crippen LogP contribution in [0.15, 0.2) is 6.20 Å². The van der Waals surface area contributed by atoms with Gasteiger partial charge in [-0.2, -0.15) is 4.39 Å². The van der Waals surface area contributed by atoms with Gasteiger partial charge in [-0.15, -0.1) is 0 Å². The Labute approximate surface area is 92.2 Å². The molecule has 1 aromatic heterocycles. The first-order valence-electron chi connectivity index (χ1n) is 4.09. The quantitative estimate of drug-likeness (QED) is 0.354. The maximum Gasteiger partial charge on any atom is 0.345 e. The predicted molar refractivity (Wildman–Crippen MR) is 47.1 cm³/mol. The van der Waals surface area contributed by atoms with Gasteiger partial charge in [0, 0.05) is 6.20 Å². The molecule has 92 valence electrons. The first-order valence-corrected chi connectivity index (χ1v) is 4.09. The van der Waals surface area contributed by atoms with Crippen LogP contribution in [0.25, 0.3) is 0 Å². The van der Waals surface area contributed by atoms with E-state index in [9.17, 15) is 28.1 Å². The first kappa shape index (κ1) is 12.9. The van der Waals surface area contributed by atoms with Crippen LogP contribution in [0, 0.1) is 16.1 Å². The number of hydrogen-bond donors (Lipinski definition) is 0. The Hall–Kier alpha value is -2.19. The summed E-state index contributed by atoms with van der Waals surface area (Å²) in [5.74, 6) is -3.05. The molecular weight excluding hydrogens is 245 g/mol. The summed E-state index contributed by atoms with van der Waals surface area (Å²) in [7, 11) is 0.833. The molecule has 0 N–H and O–H groups in total. The molecule has 17 heavy (non-hydrogen) atoms. The lowest BCUT2D eigenvalue weighted by Crippen LogP contribution is -2.12. The highest BCUT2D eigenvalue weighted by Crippen LogP contribution is 2.31. The van der Waals surface area contributed by atoms with Crippen LogP contribution in [0.1, 0.15) is 22.3 Å². The normalized spacial score (nSPS) is 10.4. The van der Waals surface area contributed by atoms with Crippen molar-refractivity contribution in [2.45, 2.75) is 6.43 Å². The smallest absolute Gasteiger partial charge is 0.345 e. The van der Waals surface area contributed by atoms with E-state index in [-0.39, 0.29) is 0 Å². The van der Waals surface area contributed by atoms with E-state index in [1.807, 2.05) is 0 Å². The lowest BCUT2D eigenvalue weighted by Gasteiger charge is -2.07. The van der Waals surface area contributed by atoms with Gasteiger partial charge >= 0.3 is 11.7 Å². The molecule has 0 aliphatic carbocycles. The van der Waals surface area contributed by atoms with E-state index in [1.165, 1.54) is 0 Å². The van der Waals surface area contributed by atoms with Crippen LogP contribution >= 0.6 is 0 Å². The zero-order valence-electron chi connectivity index (χ0n) is 8.32. The molecule has 0 saturated carbocycles. The summed E-state index contributed by atoms with van der Waals surface area (Å²) >= 11 is 0. The average Bonchev–Trinajstić information content (AvgIpc) is 2.26. The van der Waals surface area contributed by atoms with Gasteiger partial charge in [-0.05, 0) is 0 Å². The number of rotatable bonds is 3. The molecule has 0 aliphatic heterocycles. The van der Waals surface area contributed by atoms with E-state index in [1.54, 1.807) is 0 Å². The minimum absolute atomic E-state index is 0.360. The molecule has 1 heterocycles. The van der Waals surface area contributed by atoms with Crippen molar-refractivity contribution >= 4 is 11.7 Å². The number of pyridine rings is 1. The molecule has 0 atom stereocenters. The van der Waals surface area contributed by atoms with Crippen LogP contribution in [0.5, 0.6) is 0 Å². The highest BCUT2D eigenvalue weighted by molar-refractivity contribution is 5.95. The highest BCUT2D eigenvalue weighted by Gasteiger charge is 2.33. The molecule has 0 unspecified atom stereocenters. The summed E-state index contributed by atoms with van der Waals surface area (Å²) in [4.78, 5) is 23.2. The Balaban J connectivity index is 3.61. The SMILES string of the molecule is COC(=O)c1c(C(F)F)cnc(F)c1[N+](=O)[O-]. The molecule has 1 rings (SSSR count). The summed E-state index contributed by atoms with van der Waals surface area (Å²) in [6, 6.07) is 0. The van der Waals surface area contributed by atoms with Gasteiger partial charge in [-0.25, -0.2) is 18.6 Å². The second-order valence-electron chi connectivity index (χ2n) is 2.78. The number of ether oxygens (including phenoxy) is 1. The maximum absolute atomic E-state index is 13.0. The maximum atomic E-state index is 13.0. The third-order valence-corrected chi connectivity index (χ3v) is 1.85. The second-order valence-corrected chi connectivity index (χ2v) is 2.78. The topological polar surface area (TPSA) is 82.3 Å². The second kappa shape index (κ2) is 4.76. The molecule has 0 aromatic carbocycles. The third-order valence-electron chi connectivity index (χ3n) is 1.85. The first-order chi connectivity index (χ1) is 7.90. The van der Waals surface area contributed by atoms with Crippen molar-refractivity contribution in [1.29, 1.82) is 0 Å². The fourth-order valence-electron chi connectivity index (χ4n) is 1.14. The average molecular weight is 250 g/mol. The zero-order chi connectivity index (χ0) is 13.2. The van der Waals surface area contributed by atoms with Crippen LogP contribution in [-0.4, -0.2) is 23.0 Å². The molecule has 0 aliphatic rings. The number of aromatic nitrogens is 1. The Bertz CT molecular complexity index is 478. The lowest BCUT2D eigenvalue weighted by molar-refractivity contribution is -0.388. The van der Waals surface area contributed by atoms with Gasteiger partial charge < -0.3 is 4.74 Å². The molecule has 9 heteroatoms. The van der Waals surface area contributed by atoms with Gasteiger partial charge in [0.2, 0.25) is 0 Å². The van der Waals surface area contributed by atoms with Gasteiger partial charge in [-0.1, -0.05) is 0 Å². The summed E-state index contributed by atoms with van der Waals surface area (Å²) in [5.41, 5.74) is -3.60. The van der Waals surface area contributed by atoms with Crippen LogP contribution in [0.2, 0.25) is 0 Å². The molecule has 0 spiro atoms. The van der Waals surface area contributed by atoms with Gasteiger partial charge in [-0.3, -0.25) is 10.1 Å². The summed E-state index contributed by atoms with van der Waals surface area (Å²) in [5, 5.41) is 10.5.